The van der Waals surface area contributed by atoms with Crippen LogP contribution in [0.5, 0.6) is 0 Å². The molecule has 1 aromatic carbocycles. The highest BCUT2D eigenvalue weighted by molar-refractivity contribution is 7.89. The second kappa shape index (κ2) is 11.5. The predicted octanol–water partition coefficient (Wildman–Crippen LogP) is 2.01. The standard InChI is InChI=1S/C21H37N5O2S/c1-5-13-26-14-9-19(10-15-26)25-21(22-6-2)23-11-12-24-29(27,28)20-16-17(3)7-8-18(20)4/h7-8,16,19,24H,5-6,9-15H2,1-4H3,(H2,22,23,25). The van der Waals surface area contributed by atoms with E-state index in [4.69, 9.17) is 0 Å². The Kier molecular flexibility index (Phi) is 9.39. The summed E-state index contributed by atoms with van der Waals surface area (Å²) in [4.78, 5) is 7.40. The molecule has 1 fully saturated rings. The molecule has 0 bridgehead atoms. The van der Waals surface area contributed by atoms with E-state index < -0.39 is 10.0 Å². The summed E-state index contributed by atoms with van der Waals surface area (Å²) in [5.74, 6) is 0.757. The molecule has 164 valence electrons. The van der Waals surface area contributed by atoms with Crippen molar-refractivity contribution >= 4 is 16.0 Å². The van der Waals surface area contributed by atoms with Crippen LogP contribution in [0.2, 0.25) is 0 Å². The van der Waals surface area contributed by atoms with Crippen LogP contribution in [0.25, 0.3) is 0 Å². The molecule has 8 heteroatoms. The second-order valence-electron chi connectivity index (χ2n) is 7.69. The van der Waals surface area contributed by atoms with Crippen molar-refractivity contribution in [2.75, 3.05) is 39.3 Å². The number of rotatable bonds is 9. The second-order valence-corrected chi connectivity index (χ2v) is 9.42. The molecule has 1 saturated heterocycles. The van der Waals surface area contributed by atoms with Crippen molar-refractivity contribution in [3.05, 3.63) is 29.3 Å². The minimum Gasteiger partial charge on any atom is -0.357 e. The third kappa shape index (κ3) is 7.60. The Labute approximate surface area is 176 Å². The van der Waals surface area contributed by atoms with E-state index in [1.165, 1.54) is 13.0 Å². The molecule has 0 aliphatic carbocycles. The molecule has 0 atom stereocenters. The summed E-state index contributed by atoms with van der Waals surface area (Å²) in [5.41, 5.74) is 1.67. The number of guanidine groups is 1. The number of aliphatic imine (C=N–C) groups is 1. The number of aryl methyl sites for hydroxylation is 2. The molecule has 29 heavy (non-hydrogen) atoms. The van der Waals surface area contributed by atoms with Crippen LogP contribution in [0.15, 0.2) is 28.1 Å². The van der Waals surface area contributed by atoms with Crippen LogP contribution in [0.3, 0.4) is 0 Å². The maximum absolute atomic E-state index is 12.6. The van der Waals surface area contributed by atoms with Crippen molar-refractivity contribution in [2.24, 2.45) is 4.99 Å². The number of likely N-dealkylation sites (tertiary alicyclic amines) is 1. The van der Waals surface area contributed by atoms with Crippen LogP contribution in [-0.4, -0.2) is 64.6 Å². The fourth-order valence-corrected chi connectivity index (χ4v) is 4.90. The fourth-order valence-electron chi connectivity index (χ4n) is 3.55. The maximum atomic E-state index is 12.6. The molecule has 1 aliphatic rings. The van der Waals surface area contributed by atoms with Gasteiger partial charge in [-0.3, -0.25) is 4.99 Å². The van der Waals surface area contributed by atoms with E-state index in [1.807, 2.05) is 32.9 Å². The van der Waals surface area contributed by atoms with E-state index in [-0.39, 0.29) is 6.54 Å². The van der Waals surface area contributed by atoms with Crippen LogP contribution < -0.4 is 15.4 Å². The van der Waals surface area contributed by atoms with Crippen LogP contribution in [0.4, 0.5) is 0 Å². The molecule has 2 rings (SSSR count). The first-order chi connectivity index (χ1) is 13.9. The number of hydrogen-bond acceptors (Lipinski definition) is 4. The van der Waals surface area contributed by atoms with Gasteiger partial charge in [-0.15, -0.1) is 0 Å². The van der Waals surface area contributed by atoms with E-state index in [0.29, 0.717) is 17.5 Å². The smallest absolute Gasteiger partial charge is 0.240 e. The maximum Gasteiger partial charge on any atom is 0.240 e. The summed E-state index contributed by atoms with van der Waals surface area (Å²) in [6.45, 7) is 12.8. The van der Waals surface area contributed by atoms with E-state index >= 15 is 0 Å². The summed E-state index contributed by atoms with van der Waals surface area (Å²) < 4.78 is 27.8. The monoisotopic (exact) mass is 423 g/mol. The number of sulfonamides is 1. The molecule has 0 spiro atoms. The van der Waals surface area contributed by atoms with E-state index in [2.05, 4.69) is 32.2 Å². The third-order valence-corrected chi connectivity index (χ3v) is 6.72. The first kappa shape index (κ1) is 23.6. The molecule has 7 nitrogen and oxygen atoms in total. The molecule has 1 heterocycles. The van der Waals surface area contributed by atoms with Gasteiger partial charge in [0.05, 0.1) is 11.4 Å². The van der Waals surface area contributed by atoms with Crippen molar-refractivity contribution in [3.63, 3.8) is 0 Å². The number of piperidine rings is 1. The molecule has 1 aliphatic heterocycles. The van der Waals surface area contributed by atoms with Gasteiger partial charge < -0.3 is 15.5 Å². The van der Waals surface area contributed by atoms with Crippen LogP contribution in [0, 0.1) is 13.8 Å². The first-order valence-electron chi connectivity index (χ1n) is 10.7. The van der Waals surface area contributed by atoms with Gasteiger partial charge in [0.15, 0.2) is 5.96 Å². The van der Waals surface area contributed by atoms with Crippen molar-refractivity contribution in [2.45, 2.75) is 57.9 Å². The van der Waals surface area contributed by atoms with E-state index in [0.717, 1.165) is 49.6 Å². The zero-order valence-electron chi connectivity index (χ0n) is 18.3. The zero-order valence-corrected chi connectivity index (χ0v) is 19.1. The molecule has 3 N–H and O–H groups in total. The summed E-state index contributed by atoms with van der Waals surface area (Å²) in [5, 5.41) is 6.76. The van der Waals surface area contributed by atoms with Crippen molar-refractivity contribution in [1.82, 2.24) is 20.3 Å². The molecule has 0 radical (unpaired) electrons. The predicted molar refractivity (Wildman–Crippen MR) is 120 cm³/mol. The molecule has 0 unspecified atom stereocenters. The average Bonchev–Trinajstić information content (AvgIpc) is 2.69. The van der Waals surface area contributed by atoms with Gasteiger partial charge in [0.2, 0.25) is 10.0 Å². The van der Waals surface area contributed by atoms with Gasteiger partial charge in [-0.25, -0.2) is 13.1 Å². The highest BCUT2D eigenvalue weighted by Gasteiger charge is 2.19. The molecular weight excluding hydrogens is 386 g/mol. The number of hydrogen-bond donors (Lipinski definition) is 3. The lowest BCUT2D eigenvalue weighted by Crippen LogP contribution is -2.49. The van der Waals surface area contributed by atoms with Gasteiger partial charge in [-0.2, -0.15) is 0 Å². The Morgan fingerprint density at radius 2 is 1.93 bits per heavy atom. The van der Waals surface area contributed by atoms with Gasteiger partial charge in [-0.05, 0) is 63.8 Å². The quantitative estimate of drug-likeness (QED) is 0.321. The van der Waals surface area contributed by atoms with Crippen molar-refractivity contribution < 1.29 is 8.42 Å². The van der Waals surface area contributed by atoms with E-state index in [1.54, 1.807) is 6.07 Å². The molecule has 0 saturated carbocycles. The lowest BCUT2D eigenvalue weighted by Gasteiger charge is -2.32. The van der Waals surface area contributed by atoms with Gasteiger partial charge in [0.25, 0.3) is 0 Å². The van der Waals surface area contributed by atoms with Gasteiger partial charge in [0.1, 0.15) is 0 Å². The Morgan fingerprint density at radius 3 is 2.59 bits per heavy atom. The third-order valence-electron chi connectivity index (χ3n) is 5.12. The lowest BCUT2D eigenvalue weighted by molar-refractivity contribution is 0.206. The molecule has 0 aromatic heterocycles. The number of benzene rings is 1. The van der Waals surface area contributed by atoms with Crippen LogP contribution in [0.1, 0.15) is 44.2 Å². The number of nitrogens with zero attached hydrogens (tertiary/aromatic N) is 2. The van der Waals surface area contributed by atoms with Crippen molar-refractivity contribution in [1.29, 1.82) is 0 Å². The Hall–Kier alpha value is -1.64. The Morgan fingerprint density at radius 1 is 1.21 bits per heavy atom. The normalized spacial score (nSPS) is 16.8. The summed E-state index contributed by atoms with van der Waals surface area (Å²) in [6, 6.07) is 5.87. The number of nitrogens with one attached hydrogen (secondary N) is 3. The fraction of sp³-hybridized carbons (Fsp3) is 0.667. The largest absolute Gasteiger partial charge is 0.357 e. The highest BCUT2D eigenvalue weighted by atomic mass is 32.2. The lowest BCUT2D eigenvalue weighted by atomic mass is 10.1. The Balaban J connectivity index is 1.86. The summed E-state index contributed by atoms with van der Waals surface area (Å²) in [7, 11) is -3.53. The van der Waals surface area contributed by atoms with Crippen LogP contribution in [-0.2, 0) is 10.0 Å². The Bertz CT molecular complexity index is 771. The first-order valence-corrected chi connectivity index (χ1v) is 12.2. The average molecular weight is 424 g/mol. The summed E-state index contributed by atoms with van der Waals surface area (Å²) in [6.07, 6.45) is 3.40. The molecule has 0 amide bonds. The van der Waals surface area contributed by atoms with Gasteiger partial charge in [-0.1, -0.05) is 19.1 Å². The summed E-state index contributed by atoms with van der Waals surface area (Å²) >= 11 is 0. The van der Waals surface area contributed by atoms with Crippen LogP contribution >= 0.6 is 0 Å². The van der Waals surface area contributed by atoms with E-state index in [9.17, 15) is 8.42 Å². The van der Waals surface area contributed by atoms with Gasteiger partial charge in [0, 0.05) is 32.2 Å². The van der Waals surface area contributed by atoms with Crippen molar-refractivity contribution in [3.8, 4) is 0 Å². The molecule has 1 aromatic rings. The zero-order chi connectivity index (χ0) is 21.3. The molecular formula is C21H37N5O2S. The van der Waals surface area contributed by atoms with Gasteiger partial charge >= 0.3 is 0 Å². The minimum atomic E-state index is -3.53. The highest BCUT2D eigenvalue weighted by Crippen LogP contribution is 2.16. The topological polar surface area (TPSA) is 85.8 Å². The SMILES string of the molecule is CCCN1CCC(NC(=NCCNS(=O)(=O)c2cc(C)ccc2C)NCC)CC1. The minimum absolute atomic E-state index is 0.265.